The van der Waals surface area contributed by atoms with E-state index in [1.54, 1.807) is 51.1 Å². The normalized spacial score (nSPS) is 14.6. The maximum atomic E-state index is 13.1. The van der Waals surface area contributed by atoms with Crippen molar-refractivity contribution in [3.63, 3.8) is 0 Å². The van der Waals surface area contributed by atoms with Gasteiger partial charge in [0.15, 0.2) is 11.5 Å². The quantitative estimate of drug-likeness (QED) is 0.393. The largest absolute Gasteiger partial charge is 0.465 e. The monoisotopic (exact) mass is 395 g/mol. The van der Waals surface area contributed by atoms with Crippen LogP contribution in [0.3, 0.4) is 0 Å². The Balaban J connectivity index is 1.84. The van der Waals surface area contributed by atoms with Gasteiger partial charge in [0.25, 0.3) is 0 Å². The Morgan fingerprint density at radius 1 is 1.07 bits per heavy atom. The van der Waals surface area contributed by atoms with E-state index in [2.05, 4.69) is 6.58 Å². The zero-order valence-electron chi connectivity index (χ0n) is 16.5. The van der Waals surface area contributed by atoms with Crippen LogP contribution in [0.2, 0.25) is 0 Å². The second-order valence-corrected chi connectivity index (χ2v) is 7.73. The van der Waals surface area contributed by atoms with Gasteiger partial charge in [0.05, 0.1) is 24.1 Å². The molecular formula is C22H21NO6. The van der Waals surface area contributed by atoms with Crippen LogP contribution in [0.5, 0.6) is 23.0 Å². The van der Waals surface area contributed by atoms with Crippen molar-refractivity contribution in [3.05, 3.63) is 48.7 Å². The van der Waals surface area contributed by atoms with Crippen LogP contribution in [-0.4, -0.2) is 17.7 Å². The molecule has 150 valence electrons. The molecule has 29 heavy (non-hydrogen) atoms. The number of esters is 1. The Hall–Kier alpha value is -3.48. The van der Waals surface area contributed by atoms with Crippen molar-refractivity contribution < 1.29 is 28.5 Å². The summed E-state index contributed by atoms with van der Waals surface area (Å²) < 4.78 is 22.3. The van der Waals surface area contributed by atoms with Crippen LogP contribution in [0, 0.1) is 0 Å². The zero-order valence-corrected chi connectivity index (χ0v) is 16.5. The van der Waals surface area contributed by atoms with E-state index in [1.807, 2.05) is 0 Å². The van der Waals surface area contributed by atoms with Gasteiger partial charge in [0.2, 0.25) is 0 Å². The first kappa shape index (κ1) is 18.9. The van der Waals surface area contributed by atoms with Gasteiger partial charge in [0, 0.05) is 12.1 Å². The fourth-order valence-electron chi connectivity index (χ4n) is 3.23. The maximum absolute atomic E-state index is 13.1. The average Bonchev–Trinajstić information content (AvgIpc) is 2.63. The van der Waals surface area contributed by atoms with Crippen molar-refractivity contribution in [3.8, 4) is 23.0 Å². The third-order valence-electron chi connectivity index (χ3n) is 4.39. The van der Waals surface area contributed by atoms with E-state index < -0.39 is 11.7 Å². The summed E-state index contributed by atoms with van der Waals surface area (Å²) in [5.74, 6) is 1.44. The van der Waals surface area contributed by atoms with Gasteiger partial charge < -0.3 is 18.9 Å². The molecule has 2 aliphatic rings. The Labute approximate surface area is 168 Å². The molecule has 2 aromatic rings. The molecule has 0 atom stereocenters. The predicted octanol–water partition coefficient (Wildman–Crippen LogP) is 5.24. The molecule has 0 saturated carbocycles. The van der Waals surface area contributed by atoms with Crippen molar-refractivity contribution >= 4 is 23.4 Å². The van der Waals surface area contributed by atoms with Crippen molar-refractivity contribution in [2.45, 2.75) is 39.2 Å². The van der Waals surface area contributed by atoms with E-state index in [0.29, 0.717) is 40.8 Å². The molecule has 4 rings (SSSR count). The van der Waals surface area contributed by atoms with Gasteiger partial charge in [-0.05, 0) is 51.0 Å². The van der Waals surface area contributed by atoms with E-state index in [1.165, 1.54) is 11.2 Å². The lowest BCUT2D eigenvalue weighted by Crippen LogP contribution is -2.35. The van der Waals surface area contributed by atoms with Gasteiger partial charge in [-0.3, -0.25) is 4.79 Å². The molecule has 0 fully saturated rings. The second-order valence-electron chi connectivity index (χ2n) is 7.73. The number of carbonyl (C=O) groups is 2. The molecule has 0 aromatic heterocycles. The molecule has 7 heteroatoms. The van der Waals surface area contributed by atoms with Crippen molar-refractivity contribution in [2.24, 2.45) is 0 Å². The van der Waals surface area contributed by atoms with Crippen LogP contribution in [0.1, 0.15) is 32.8 Å². The number of hydrogen-bond donors (Lipinski definition) is 0. The molecule has 7 nitrogen and oxygen atoms in total. The summed E-state index contributed by atoms with van der Waals surface area (Å²) in [5, 5.41) is 0. The predicted molar refractivity (Wildman–Crippen MR) is 106 cm³/mol. The van der Waals surface area contributed by atoms with Crippen LogP contribution >= 0.6 is 0 Å². The molecular weight excluding hydrogens is 374 g/mol. The number of nitrogens with zero attached hydrogens (tertiary/aromatic N) is 1. The number of fused-ring (bicyclic) bond motifs is 3. The standard InChI is InChI=1S/C22H21NO6/c1-5-26-14-7-8-15-18(11-14)27-19-12-17-13(6-9-20(24)28-17)10-16(19)23(15)21(25)29-22(2,3)4/h5,7-8,10-12H,1,6,9H2,2-4H3. The molecule has 0 spiro atoms. The smallest absolute Gasteiger partial charge is 0.419 e. The van der Waals surface area contributed by atoms with Crippen molar-refractivity contribution in [1.82, 2.24) is 0 Å². The Morgan fingerprint density at radius 3 is 2.55 bits per heavy atom. The third kappa shape index (κ3) is 3.63. The number of amides is 1. The highest BCUT2D eigenvalue weighted by Crippen LogP contribution is 2.50. The van der Waals surface area contributed by atoms with Gasteiger partial charge in [-0.1, -0.05) is 6.58 Å². The number of rotatable bonds is 2. The molecule has 1 amide bonds. The van der Waals surface area contributed by atoms with Crippen LogP contribution < -0.4 is 19.1 Å². The number of benzene rings is 2. The van der Waals surface area contributed by atoms with Crippen LogP contribution in [0.4, 0.5) is 16.2 Å². The molecule has 2 aliphatic heterocycles. The Kier molecular flexibility index (Phi) is 4.45. The topological polar surface area (TPSA) is 74.3 Å². The highest BCUT2D eigenvalue weighted by atomic mass is 16.6. The highest BCUT2D eigenvalue weighted by molar-refractivity contribution is 6.01. The van der Waals surface area contributed by atoms with E-state index in [4.69, 9.17) is 18.9 Å². The van der Waals surface area contributed by atoms with Gasteiger partial charge >= 0.3 is 12.1 Å². The maximum Gasteiger partial charge on any atom is 0.419 e. The molecule has 0 aliphatic carbocycles. The molecule has 0 bridgehead atoms. The molecule has 2 heterocycles. The fourth-order valence-corrected chi connectivity index (χ4v) is 3.23. The van der Waals surface area contributed by atoms with Gasteiger partial charge in [-0.2, -0.15) is 0 Å². The van der Waals surface area contributed by atoms with Crippen molar-refractivity contribution in [1.29, 1.82) is 0 Å². The summed E-state index contributed by atoms with van der Waals surface area (Å²) in [5.41, 5.74) is 1.21. The SMILES string of the molecule is C=COc1ccc2c(c1)Oc1cc3c(cc1N2C(=O)OC(C)(C)C)CCC(=O)O3. The van der Waals surface area contributed by atoms with E-state index >= 15 is 0 Å². The van der Waals surface area contributed by atoms with Crippen LogP contribution in [0.15, 0.2) is 43.2 Å². The lowest BCUT2D eigenvalue weighted by molar-refractivity contribution is -0.135. The summed E-state index contributed by atoms with van der Waals surface area (Å²) in [4.78, 5) is 26.2. The molecule has 0 radical (unpaired) electrons. The summed E-state index contributed by atoms with van der Waals surface area (Å²) in [6.07, 6.45) is 1.59. The zero-order chi connectivity index (χ0) is 20.8. The number of ether oxygens (including phenoxy) is 4. The first-order valence-electron chi connectivity index (χ1n) is 9.25. The lowest BCUT2D eigenvalue weighted by atomic mass is 10.0. The van der Waals surface area contributed by atoms with E-state index in [9.17, 15) is 9.59 Å². The second kappa shape index (κ2) is 6.84. The average molecular weight is 395 g/mol. The van der Waals surface area contributed by atoms with Crippen LogP contribution in [-0.2, 0) is 16.0 Å². The van der Waals surface area contributed by atoms with Gasteiger partial charge in [0.1, 0.15) is 17.1 Å². The molecule has 2 aromatic carbocycles. The summed E-state index contributed by atoms with van der Waals surface area (Å²) >= 11 is 0. The molecule has 0 saturated heterocycles. The number of carbonyl (C=O) groups excluding carboxylic acids is 2. The number of anilines is 2. The Bertz CT molecular complexity index is 1020. The summed E-state index contributed by atoms with van der Waals surface area (Å²) in [6.45, 7) is 8.96. The third-order valence-corrected chi connectivity index (χ3v) is 4.39. The van der Waals surface area contributed by atoms with E-state index in [0.717, 1.165) is 5.56 Å². The first-order valence-corrected chi connectivity index (χ1v) is 9.25. The first-order chi connectivity index (χ1) is 13.7. The summed E-state index contributed by atoms with van der Waals surface area (Å²) in [7, 11) is 0. The molecule has 0 N–H and O–H groups in total. The van der Waals surface area contributed by atoms with Gasteiger partial charge in [-0.25, -0.2) is 9.69 Å². The minimum Gasteiger partial charge on any atom is -0.465 e. The number of aryl methyl sites for hydroxylation is 1. The van der Waals surface area contributed by atoms with Gasteiger partial charge in [-0.15, -0.1) is 0 Å². The van der Waals surface area contributed by atoms with Crippen molar-refractivity contribution in [2.75, 3.05) is 4.90 Å². The minimum absolute atomic E-state index is 0.290. The minimum atomic E-state index is -0.675. The van der Waals surface area contributed by atoms with E-state index in [-0.39, 0.29) is 12.4 Å². The van der Waals surface area contributed by atoms with Crippen LogP contribution in [0.25, 0.3) is 0 Å². The lowest BCUT2D eigenvalue weighted by Gasteiger charge is -2.33. The molecule has 0 unspecified atom stereocenters. The fraction of sp³-hybridized carbons (Fsp3) is 0.273. The Morgan fingerprint density at radius 2 is 1.83 bits per heavy atom. The number of hydrogen-bond acceptors (Lipinski definition) is 6. The highest BCUT2D eigenvalue weighted by Gasteiger charge is 2.35. The summed E-state index contributed by atoms with van der Waals surface area (Å²) in [6, 6.07) is 8.52.